The van der Waals surface area contributed by atoms with E-state index in [1.807, 2.05) is 91.0 Å². The summed E-state index contributed by atoms with van der Waals surface area (Å²) in [5.41, 5.74) is 9.79. The molecule has 0 bridgehead atoms. The smallest absolute Gasteiger partial charge is 0.105 e. The molecule has 31 heavy (non-hydrogen) atoms. The first-order valence-electron chi connectivity index (χ1n) is 10.6. The predicted octanol–water partition coefficient (Wildman–Crippen LogP) is 4.89. The maximum Gasteiger partial charge on any atom is 0.105 e. The van der Waals surface area contributed by atoms with E-state index in [1.165, 1.54) is 0 Å². The highest BCUT2D eigenvalue weighted by molar-refractivity contribution is 5.15. The van der Waals surface area contributed by atoms with Crippen molar-refractivity contribution in [2.24, 2.45) is 5.73 Å². The summed E-state index contributed by atoms with van der Waals surface area (Å²) in [6.45, 7) is 5.72. The zero-order valence-electron chi connectivity index (χ0n) is 17.8. The van der Waals surface area contributed by atoms with E-state index in [2.05, 4.69) is 6.58 Å². The molecule has 0 saturated carbocycles. The number of rotatable bonds is 13. The van der Waals surface area contributed by atoms with E-state index >= 15 is 0 Å². The van der Waals surface area contributed by atoms with Crippen molar-refractivity contribution in [3.05, 3.63) is 120 Å². The molecule has 3 aromatic rings. The Morgan fingerprint density at radius 2 is 1.13 bits per heavy atom. The van der Waals surface area contributed by atoms with Crippen LogP contribution >= 0.6 is 0 Å². The van der Waals surface area contributed by atoms with Gasteiger partial charge >= 0.3 is 0 Å². The Morgan fingerprint density at radius 1 is 0.677 bits per heavy atom. The summed E-state index contributed by atoms with van der Waals surface area (Å²) < 4.78 is 18.2. The minimum atomic E-state index is -0.391. The second kappa shape index (κ2) is 12.8. The molecule has 2 N–H and O–H groups in total. The van der Waals surface area contributed by atoms with Crippen LogP contribution in [-0.2, 0) is 34.0 Å². The summed E-state index contributed by atoms with van der Waals surface area (Å²) in [5.74, 6) is 0. The minimum absolute atomic E-state index is 0.355. The predicted molar refractivity (Wildman–Crippen MR) is 124 cm³/mol. The van der Waals surface area contributed by atoms with Gasteiger partial charge in [-0.25, -0.2) is 0 Å². The van der Waals surface area contributed by atoms with Gasteiger partial charge in [-0.05, 0) is 16.7 Å². The highest BCUT2D eigenvalue weighted by atomic mass is 16.5. The molecule has 0 fully saturated rings. The third-order valence-corrected chi connectivity index (χ3v) is 4.97. The Balaban J connectivity index is 1.62. The van der Waals surface area contributed by atoms with Crippen molar-refractivity contribution in [3.63, 3.8) is 0 Å². The molecule has 0 radical (unpaired) electrons. The van der Waals surface area contributed by atoms with Crippen molar-refractivity contribution >= 4 is 0 Å². The molecule has 0 heterocycles. The Morgan fingerprint density at radius 3 is 1.61 bits per heavy atom. The van der Waals surface area contributed by atoms with Gasteiger partial charge in [-0.3, -0.25) is 0 Å². The second-order valence-electron chi connectivity index (χ2n) is 7.42. The maximum absolute atomic E-state index is 6.51. The molecule has 3 rings (SSSR count). The lowest BCUT2D eigenvalue weighted by Crippen LogP contribution is -2.47. The molecule has 0 aliphatic heterocycles. The first-order chi connectivity index (χ1) is 15.3. The van der Waals surface area contributed by atoms with Crippen LogP contribution in [0.2, 0.25) is 0 Å². The fraction of sp³-hybridized carbons (Fsp3) is 0.259. The molecule has 162 valence electrons. The first-order valence-corrected chi connectivity index (χ1v) is 10.6. The van der Waals surface area contributed by atoms with Crippen LogP contribution in [-0.4, -0.2) is 24.9 Å². The average molecular weight is 418 g/mol. The molecular weight excluding hydrogens is 386 g/mol. The molecular formula is C27H31NO3. The molecule has 0 amide bonds. The van der Waals surface area contributed by atoms with Gasteiger partial charge in [0.2, 0.25) is 0 Å². The van der Waals surface area contributed by atoms with E-state index in [0.717, 1.165) is 16.7 Å². The molecule has 3 aromatic carbocycles. The highest BCUT2D eigenvalue weighted by Crippen LogP contribution is 2.16. The fourth-order valence-electron chi connectivity index (χ4n) is 3.27. The lowest BCUT2D eigenvalue weighted by atomic mass is 10.1. The topological polar surface area (TPSA) is 53.7 Å². The fourth-order valence-corrected chi connectivity index (χ4v) is 3.27. The van der Waals surface area contributed by atoms with Gasteiger partial charge in [-0.15, -0.1) is 6.58 Å². The number of hydrogen-bond acceptors (Lipinski definition) is 4. The normalized spacial score (nSPS) is 14.0. The average Bonchev–Trinajstić information content (AvgIpc) is 2.83. The van der Waals surface area contributed by atoms with Crippen molar-refractivity contribution in [1.82, 2.24) is 0 Å². The molecule has 0 spiro atoms. The van der Waals surface area contributed by atoms with Crippen LogP contribution in [0.3, 0.4) is 0 Å². The highest BCUT2D eigenvalue weighted by Gasteiger charge is 2.27. The van der Waals surface area contributed by atoms with Crippen molar-refractivity contribution < 1.29 is 14.2 Å². The van der Waals surface area contributed by atoms with Gasteiger partial charge in [0.15, 0.2) is 0 Å². The van der Waals surface area contributed by atoms with Gasteiger partial charge in [-0.1, -0.05) is 97.1 Å². The van der Waals surface area contributed by atoms with Crippen LogP contribution in [0.5, 0.6) is 0 Å². The largest absolute Gasteiger partial charge is 0.375 e. The van der Waals surface area contributed by atoms with Crippen LogP contribution in [0.25, 0.3) is 0 Å². The minimum Gasteiger partial charge on any atom is -0.375 e. The van der Waals surface area contributed by atoms with Crippen molar-refractivity contribution in [3.8, 4) is 0 Å². The maximum atomic E-state index is 6.51. The van der Waals surface area contributed by atoms with Crippen LogP contribution in [0, 0.1) is 0 Å². The zero-order chi connectivity index (χ0) is 21.7. The lowest BCUT2D eigenvalue weighted by Gasteiger charge is -2.30. The second-order valence-corrected chi connectivity index (χ2v) is 7.42. The molecule has 0 aliphatic carbocycles. The van der Waals surface area contributed by atoms with Crippen LogP contribution in [0.4, 0.5) is 0 Å². The van der Waals surface area contributed by atoms with Crippen molar-refractivity contribution in [2.45, 2.75) is 38.1 Å². The van der Waals surface area contributed by atoms with Crippen LogP contribution in [0.1, 0.15) is 16.7 Å². The molecule has 3 atom stereocenters. The van der Waals surface area contributed by atoms with Gasteiger partial charge in [0.1, 0.15) is 12.2 Å². The van der Waals surface area contributed by atoms with E-state index in [9.17, 15) is 0 Å². The van der Waals surface area contributed by atoms with Crippen LogP contribution in [0.15, 0.2) is 104 Å². The van der Waals surface area contributed by atoms with E-state index in [4.69, 9.17) is 19.9 Å². The summed E-state index contributed by atoms with van der Waals surface area (Å²) in [6.07, 6.45) is 1.01. The third-order valence-electron chi connectivity index (χ3n) is 4.97. The van der Waals surface area contributed by atoms with E-state index in [1.54, 1.807) is 6.08 Å². The summed E-state index contributed by atoms with van der Waals surface area (Å²) in [6, 6.07) is 29.7. The first kappa shape index (κ1) is 22.9. The SMILES string of the molecule is C=C[C@@H](OCc1ccccc1)[C@H](OCc1ccccc1)[C@H](N)COCc1ccccc1. The Kier molecular flexibility index (Phi) is 9.48. The van der Waals surface area contributed by atoms with Crippen molar-refractivity contribution in [2.75, 3.05) is 6.61 Å². The van der Waals surface area contributed by atoms with Gasteiger partial charge in [0.25, 0.3) is 0 Å². The summed E-state index contributed by atoms with van der Waals surface area (Å²) >= 11 is 0. The van der Waals surface area contributed by atoms with Gasteiger partial charge < -0.3 is 19.9 Å². The quantitative estimate of drug-likeness (QED) is 0.403. The lowest BCUT2D eigenvalue weighted by molar-refractivity contribution is -0.0860. The van der Waals surface area contributed by atoms with Crippen LogP contribution < -0.4 is 5.73 Å². The Hall–Kier alpha value is -2.76. The monoisotopic (exact) mass is 417 g/mol. The Bertz CT molecular complexity index is 871. The molecule has 4 heteroatoms. The zero-order valence-corrected chi connectivity index (χ0v) is 17.8. The Labute approximate surface area is 185 Å². The molecule has 0 unspecified atom stereocenters. The number of ether oxygens (including phenoxy) is 3. The third kappa shape index (κ3) is 7.78. The summed E-state index contributed by atoms with van der Waals surface area (Å²) in [7, 11) is 0. The van der Waals surface area contributed by atoms with Gasteiger partial charge in [0.05, 0.1) is 32.5 Å². The van der Waals surface area contributed by atoms with Gasteiger partial charge in [-0.2, -0.15) is 0 Å². The van der Waals surface area contributed by atoms with E-state index in [-0.39, 0.29) is 12.1 Å². The molecule has 0 aromatic heterocycles. The number of benzene rings is 3. The van der Waals surface area contributed by atoms with Gasteiger partial charge in [0, 0.05) is 0 Å². The van der Waals surface area contributed by atoms with E-state index < -0.39 is 6.10 Å². The number of hydrogen-bond donors (Lipinski definition) is 1. The molecule has 0 aliphatic rings. The summed E-state index contributed by atoms with van der Waals surface area (Å²) in [4.78, 5) is 0. The van der Waals surface area contributed by atoms with Crippen molar-refractivity contribution in [1.29, 1.82) is 0 Å². The molecule has 0 saturated heterocycles. The van der Waals surface area contributed by atoms with E-state index in [0.29, 0.717) is 26.4 Å². The molecule has 4 nitrogen and oxygen atoms in total. The standard InChI is InChI=1S/C27H31NO3/c1-2-26(30-19-23-14-8-4-9-15-23)27(31-20-24-16-10-5-11-17-24)25(28)21-29-18-22-12-6-3-7-13-22/h2-17,25-27H,1,18-21,28H2/t25-,26-,27-/m1/s1. The summed E-state index contributed by atoms with van der Waals surface area (Å²) in [5, 5.41) is 0. The number of nitrogens with two attached hydrogens (primary N) is 1.